The normalized spacial score (nSPS) is 27.4. The molecule has 1 unspecified atom stereocenters. The molecule has 1 aromatic heterocycles. The molecule has 2 saturated heterocycles. The lowest BCUT2D eigenvalue weighted by Crippen LogP contribution is -2.55. The van der Waals surface area contributed by atoms with Crippen molar-refractivity contribution in [1.82, 2.24) is 15.6 Å². The Labute approximate surface area is 171 Å². The van der Waals surface area contributed by atoms with Gasteiger partial charge in [-0.3, -0.25) is 9.78 Å². The SMILES string of the molecule is C[C@H]1C[C@@H](NC(=O)C2(F)CCNC2)CN(c2ccc(C(F)(F)F)c3ncccc23)C1. The van der Waals surface area contributed by atoms with Gasteiger partial charge in [-0.05, 0) is 43.1 Å². The van der Waals surface area contributed by atoms with Gasteiger partial charge in [0.05, 0.1) is 11.1 Å². The third-order valence-corrected chi connectivity index (χ3v) is 5.90. The summed E-state index contributed by atoms with van der Waals surface area (Å²) in [6.07, 6.45) is -2.33. The summed E-state index contributed by atoms with van der Waals surface area (Å²) in [5.74, 6) is -0.444. The van der Waals surface area contributed by atoms with Gasteiger partial charge in [0.25, 0.3) is 5.91 Å². The zero-order valence-electron chi connectivity index (χ0n) is 16.6. The molecule has 0 aliphatic carbocycles. The summed E-state index contributed by atoms with van der Waals surface area (Å²) in [6, 6.07) is 5.46. The summed E-state index contributed by atoms with van der Waals surface area (Å²) >= 11 is 0. The van der Waals surface area contributed by atoms with Gasteiger partial charge in [0.15, 0.2) is 0 Å². The van der Waals surface area contributed by atoms with Gasteiger partial charge >= 0.3 is 6.18 Å². The van der Waals surface area contributed by atoms with Crippen LogP contribution in [0.15, 0.2) is 30.5 Å². The Hall–Kier alpha value is -2.42. The van der Waals surface area contributed by atoms with Crippen molar-refractivity contribution in [1.29, 1.82) is 0 Å². The first-order valence-corrected chi connectivity index (χ1v) is 10.1. The number of aromatic nitrogens is 1. The second kappa shape index (κ2) is 7.68. The highest BCUT2D eigenvalue weighted by atomic mass is 19.4. The third kappa shape index (κ3) is 3.95. The molecular formula is C21H24F4N4O. The minimum atomic E-state index is -4.50. The van der Waals surface area contributed by atoms with Crippen molar-refractivity contribution in [2.45, 2.75) is 37.7 Å². The molecule has 2 fully saturated rings. The quantitative estimate of drug-likeness (QED) is 0.743. The van der Waals surface area contributed by atoms with Crippen molar-refractivity contribution in [3.63, 3.8) is 0 Å². The van der Waals surface area contributed by atoms with E-state index in [4.69, 9.17) is 0 Å². The summed E-state index contributed by atoms with van der Waals surface area (Å²) in [5.41, 5.74) is -2.14. The Morgan fingerprint density at radius 1 is 1.30 bits per heavy atom. The molecule has 0 spiro atoms. The van der Waals surface area contributed by atoms with E-state index in [0.29, 0.717) is 37.1 Å². The number of carbonyl (C=O) groups excluding carboxylic acids is 1. The van der Waals surface area contributed by atoms with Crippen LogP contribution in [0.25, 0.3) is 10.9 Å². The monoisotopic (exact) mass is 424 g/mol. The molecule has 1 aromatic carbocycles. The molecule has 2 N–H and O–H groups in total. The van der Waals surface area contributed by atoms with Gasteiger partial charge in [-0.2, -0.15) is 13.2 Å². The highest BCUT2D eigenvalue weighted by Crippen LogP contribution is 2.38. The maximum atomic E-state index is 14.7. The van der Waals surface area contributed by atoms with E-state index >= 15 is 0 Å². The Morgan fingerprint density at radius 2 is 2.10 bits per heavy atom. The molecule has 1 amide bonds. The fourth-order valence-corrected chi connectivity index (χ4v) is 4.48. The highest BCUT2D eigenvalue weighted by Gasteiger charge is 2.43. The number of carbonyl (C=O) groups is 1. The standard InChI is InChI=1S/C21H24F4N4O/c1-13-9-14(28-19(30)20(22)6-8-26-12-20)11-29(10-13)17-5-4-16(21(23,24)25)18-15(17)3-2-7-27-18/h2-5,7,13-14,26H,6,8-12H2,1H3,(H,28,30)/t13-,14+,20?/m0/s1. The van der Waals surface area contributed by atoms with Gasteiger partial charge in [-0.25, -0.2) is 4.39 Å². The predicted octanol–water partition coefficient (Wildman–Crippen LogP) is 3.29. The Balaban J connectivity index is 1.61. The van der Waals surface area contributed by atoms with Crippen LogP contribution in [0.5, 0.6) is 0 Å². The van der Waals surface area contributed by atoms with E-state index in [9.17, 15) is 22.4 Å². The van der Waals surface area contributed by atoms with Gasteiger partial charge in [0, 0.05) is 49.4 Å². The van der Waals surface area contributed by atoms with Gasteiger partial charge in [0.2, 0.25) is 5.67 Å². The van der Waals surface area contributed by atoms with E-state index in [1.807, 2.05) is 11.8 Å². The number of nitrogens with one attached hydrogen (secondary N) is 2. The van der Waals surface area contributed by atoms with E-state index in [0.717, 1.165) is 6.07 Å². The molecule has 2 aliphatic heterocycles. The smallest absolute Gasteiger partial charge is 0.369 e. The molecule has 0 radical (unpaired) electrons. The van der Waals surface area contributed by atoms with Crippen LogP contribution in [0.4, 0.5) is 23.2 Å². The summed E-state index contributed by atoms with van der Waals surface area (Å²) in [7, 11) is 0. The fraction of sp³-hybridized carbons (Fsp3) is 0.524. The first-order chi connectivity index (χ1) is 14.2. The number of benzene rings is 1. The van der Waals surface area contributed by atoms with E-state index in [1.54, 1.807) is 12.1 Å². The zero-order chi connectivity index (χ0) is 21.5. The predicted molar refractivity (Wildman–Crippen MR) is 106 cm³/mol. The summed E-state index contributed by atoms with van der Waals surface area (Å²) in [6.45, 7) is 3.50. The Bertz CT molecular complexity index is 942. The van der Waals surface area contributed by atoms with Crippen molar-refractivity contribution in [3.8, 4) is 0 Å². The molecule has 9 heteroatoms. The van der Waals surface area contributed by atoms with Crippen molar-refractivity contribution in [2.75, 3.05) is 31.1 Å². The molecule has 30 heavy (non-hydrogen) atoms. The molecule has 0 bridgehead atoms. The lowest BCUT2D eigenvalue weighted by atomic mass is 9.93. The first kappa shape index (κ1) is 20.8. The Kier molecular flexibility index (Phi) is 5.34. The second-order valence-corrected chi connectivity index (χ2v) is 8.34. The van der Waals surface area contributed by atoms with Crippen molar-refractivity contribution in [3.05, 3.63) is 36.0 Å². The molecule has 162 valence electrons. The van der Waals surface area contributed by atoms with Crippen molar-refractivity contribution >= 4 is 22.5 Å². The van der Waals surface area contributed by atoms with E-state index in [2.05, 4.69) is 15.6 Å². The van der Waals surface area contributed by atoms with Crippen LogP contribution in [-0.4, -0.2) is 48.8 Å². The van der Waals surface area contributed by atoms with Crippen LogP contribution in [0.1, 0.15) is 25.3 Å². The number of anilines is 1. The topological polar surface area (TPSA) is 57.3 Å². The van der Waals surface area contributed by atoms with Gasteiger partial charge in [-0.1, -0.05) is 6.92 Å². The number of piperidine rings is 1. The molecule has 2 aromatic rings. The van der Waals surface area contributed by atoms with Crippen molar-refractivity contribution in [2.24, 2.45) is 5.92 Å². The van der Waals surface area contributed by atoms with E-state index in [1.165, 1.54) is 12.3 Å². The summed E-state index contributed by atoms with van der Waals surface area (Å²) in [5, 5.41) is 6.10. The van der Waals surface area contributed by atoms with Crippen molar-refractivity contribution < 1.29 is 22.4 Å². The fourth-order valence-electron chi connectivity index (χ4n) is 4.48. The number of nitrogens with zero attached hydrogens (tertiary/aromatic N) is 2. The molecule has 4 rings (SSSR count). The highest BCUT2D eigenvalue weighted by molar-refractivity contribution is 5.94. The number of pyridine rings is 1. The molecular weight excluding hydrogens is 400 g/mol. The van der Waals surface area contributed by atoms with Crippen LogP contribution in [-0.2, 0) is 11.0 Å². The number of fused-ring (bicyclic) bond motifs is 1. The van der Waals surface area contributed by atoms with E-state index < -0.39 is 23.3 Å². The number of hydrogen-bond acceptors (Lipinski definition) is 4. The average molecular weight is 424 g/mol. The lowest BCUT2D eigenvalue weighted by Gasteiger charge is -2.39. The number of hydrogen-bond donors (Lipinski definition) is 2. The molecule has 3 heterocycles. The Morgan fingerprint density at radius 3 is 2.80 bits per heavy atom. The van der Waals surface area contributed by atoms with E-state index in [-0.39, 0.29) is 30.4 Å². The largest absolute Gasteiger partial charge is 0.418 e. The number of rotatable bonds is 3. The van der Waals surface area contributed by atoms with Crippen LogP contribution >= 0.6 is 0 Å². The lowest BCUT2D eigenvalue weighted by molar-refractivity contribution is -0.136. The molecule has 5 nitrogen and oxygen atoms in total. The number of halogens is 4. The summed E-state index contributed by atoms with van der Waals surface area (Å²) in [4.78, 5) is 18.4. The van der Waals surface area contributed by atoms with Crippen LogP contribution in [0, 0.1) is 5.92 Å². The number of amides is 1. The van der Waals surface area contributed by atoms with Crippen LogP contribution < -0.4 is 15.5 Å². The minimum absolute atomic E-state index is 0.0000324. The second-order valence-electron chi connectivity index (χ2n) is 8.34. The van der Waals surface area contributed by atoms with Crippen LogP contribution in [0.2, 0.25) is 0 Å². The minimum Gasteiger partial charge on any atom is -0.369 e. The molecule has 0 saturated carbocycles. The molecule has 3 atom stereocenters. The first-order valence-electron chi connectivity index (χ1n) is 10.1. The summed E-state index contributed by atoms with van der Waals surface area (Å²) < 4.78 is 54.9. The maximum Gasteiger partial charge on any atom is 0.418 e. The maximum absolute atomic E-state index is 14.7. The van der Waals surface area contributed by atoms with Gasteiger partial charge in [0.1, 0.15) is 0 Å². The van der Waals surface area contributed by atoms with Gasteiger partial charge < -0.3 is 15.5 Å². The zero-order valence-corrected chi connectivity index (χ0v) is 16.6. The van der Waals surface area contributed by atoms with Gasteiger partial charge in [-0.15, -0.1) is 0 Å². The number of alkyl halides is 4. The van der Waals surface area contributed by atoms with Crippen LogP contribution in [0.3, 0.4) is 0 Å². The average Bonchev–Trinajstić information content (AvgIpc) is 3.14. The molecule has 2 aliphatic rings. The third-order valence-electron chi connectivity index (χ3n) is 5.90.